The molecule has 154 valence electrons. The van der Waals surface area contributed by atoms with Gasteiger partial charge in [0.2, 0.25) is 5.88 Å². The van der Waals surface area contributed by atoms with Crippen molar-refractivity contribution in [3.8, 4) is 16.9 Å². The summed E-state index contributed by atoms with van der Waals surface area (Å²) in [5.74, 6) is 0.0980. The molecule has 0 bridgehead atoms. The molecule has 0 fully saturated rings. The number of pyridine rings is 1. The molecule has 2 aromatic heterocycles. The van der Waals surface area contributed by atoms with Gasteiger partial charge < -0.3 is 25.9 Å². The number of nitrogen functional groups attached to an aromatic ring is 1. The molecule has 0 saturated carbocycles. The van der Waals surface area contributed by atoms with Crippen LogP contribution >= 0.6 is 0 Å². The molecule has 3 heterocycles. The fraction of sp³-hybridized carbons (Fsp3) is 0.0833. The number of nitrogens with one attached hydrogen (secondary N) is 1. The van der Waals surface area contributed by atoms with Gasteiger partial charge in [-0.1, -0.05) is 30.3 Å². The molecule has 0 amide bonds. The number of nitrogens with zero attached hydrogens (tertiary/aromatic N) is 1. The van der Waals surface area contributed by atoms with Crippen molar-refractivity contribution in [1.29, 1.82) is 0 Å². The third kappa shape index (κ3) is 3.07. The summed E-state index contributed by atoms with van der Waals surface area (Å²) in [6, 6.07) is 16.9. The fourth-order valence-electron chi connectivity index (χ4n) is 4.02. The van der Waals surface area contributed by atoms with Crippen LogP contribution in [0.15, 0.2) is 87.8 Å². The molecule has 5 rings (SSSR count). The van der Waals surface area contributed by atoms with Gasteiger partial charge in [0.05, 0.1) is 22.6 Å². The smallest absolute Gasteiger partial charge is 0.344 e. The SMILES string of the molecule is CNC1=C(N)Oc2c(c(=O)oc3ccc(N)cc23)C1c1ccc(-c2cccnc2)cc1. The number of hydrogen-bond acceptors (Lipinski definition) is 7. The Morgan fingerprint density at radius 3 is 2.55 bits per heavy atom. The number of allylic oxidation sites excluding steroid dienone is 1. The Kier molecular flexibility index (Phi) is 4.36. The molecule has 1 aliphatic heterocycles. The highest BCUT2D eigenvalue weighted by Crippen LogP contribution is 2.43. The number of anilines is 1. The zero-order valence-electron chi connectivity index (χ0n) is 16.8. The largest absolute Gasteiger partial charge is 0.438 e. The molecule has 7 heteroatoms. The van der Waals surface area contributed by atoms with Crippen molar-refractivity contribution in [1.82, 2.24) is 10.3 Å². The highest BCUT2D eigenvalue weighted by molar-refractivity contribution is 5.88. The highest BCUT2D eigenvalue weighted by atomic mass is 16.5. The lowest BCUT2D eigenvalue weighted by Gasteiger charge is -2.29. The summed E-state index contributed by atoms with van der Waals surface area (Å²) in [6.07, 6.45) is 3.54. The molecule has 31 heavy (non-hydrogen) atoms. The van der Waals surface area contributed by atoms with E-state index >= 15 is 0 Å². The number of hydrogen-bond donors (Lipinski definition) is 3. The number of fused-ring (bicyclic) bond motifs is 3. The summed E-state index contributed by atoms with van der Waals surface area (Å²) in [5, 5.41) is 3.69. The molecular formula is C24H20N4O3. The van der Waals surface area contributed by atoms with E-state index in [0.29, 0.717) is 33.7 Å². The van der Waals surface area contributed by atoms with Gasteiger partial charge in [-0.2, -0.15) is 0 Å². The topological polar surface area (TPSA) is 116 Å². The molecule has 5 N–H and O–H groups in total. The van der Waals surface area contributed by atoms with Gasteiger partial charge in [-0.3, -0.25) is 4.98 Å². The third-order valence-electron chi connectivity index (χ3n) is 5.48. The predicted molar refractivity (Wildman–Crippen MR) is 119 cm³/mol. The fourth-order valence-corrected chi connectivity index (χ4v) is 4.02. The summed E-state index contributed by atoms with van der Waals surface area (Å²) in [5.41, 5.74) is 16.5. The molecule has 1 unspecified atom stereocenters. The first-order valence-corrected chi connectivity index (χ1v) is 9.78. The van der Waals surface area contributed by atoms with Crippen LogP contribution in [0.4, 0.5) is 5.69 Å². The van der Waals surface area contributed by atoms with Crippen molar-refractivity contribution in [3.63, 3.8) is 0 Å². The second-order valence-corrected chi connectivity index (χ2v) is 7.31. The van der Waals surface area contributed by atoms with Crippen LogP contribution in [0.5, 0.6) is 5.75 Å². The Balaban J connectivity index is 1.71. The summed E-state index contributed by atoms with van der Waals surface area (Å²) >= 11 is 0. The molecule has 0 spiro atoms. The average Bonchev–Trinajstić information content (AvgIpc) is 2.79. The van der Waals surface area contributed by atoms with Crippen LogP contribution < -0.4 is 27.1 Å². The maximum absolute atomic E-state index is 13.0. The number of aromatic nitrogens is 1. The first kappa shape index (κ1) is 18.7. The van der Waals surface area contributed by atoms with Crippen LogP contribution in [0, 0.1) is 0 Å². The second kappa shape index (κ2) is 7.21. The molecule has 0 aliphatic carbocycles. The monoisotopic (exact) mass is 412 g/mol. The van der Waals surface area contributed by atoms with Crippen LogP contribution in [-0.2, 0) is 0 Å². The van der Waals surface area contributed by atoms with E-state index in [9.17, 15) is 4.79 Å². The van der Waals surface area contributed by atoms with Gasteiger partial charge in [0, 0.05) is 25.1 Å². The quantitative estimate of drug-likeness (QED) is 0.349. The zero-order chi connectivity index (χ0) is 21.5. The summed E-state index contributed by atoms with van der Waals surface area (Å²) in [7, 11) is 1.74. The molecule has 7 nitrogen and oxygen atoms in total. The lowest BCUT2D eigenvalue weighted by atomic mass is 9.86. The lowest BCUT2D eigenvalue weighted by Crippen LogP contribution is -2.31. The van der Waals surface area contributed by atoms with Crippen molar-refractivity contribution in [2.75, 3.05) is 12.8 Å². The zero-order valence-corrected chi connectivity index (χ0v) is 16.8. The van der Waals surface area contributed by atoms with Gasteiger partial charge in [0.15, 0.2) is 5.75 Å². The standard InChI is InChI=1S/C24H20N4O3/c1-27-21-19(14-6-4-13(5-7-14)15-3-2-10-28-12-15)20-22(31-23(21)26)17-11-16(25)8-9-18(17)30-24(20)29/h2-12,19,27H,25-26H2,1H3. The Morgan fingerprint density at radius 1 is 1.03 bits per heavy atom. The molecule has 4 aromatic rings. The molecule has 2 aromatic carbocycles. The Morgan fingerprint density at radius 2 is 1.84 bits per heavy atom. The van der Waals surface area contributed by atoms with Crippen LogP contribution in [0.1, 0.15) is 17.0 Å². The first-order valence-electron chi connectivity index (χ1n) is 9.78. The minimum absolute atomic E-state index is 0.200. The minimum atomic E-state index is -0.478. The van der Waals surface area contributed by atoms with Gasteiger partial charge in [-0.05, 0) is 41.0 Å². The molecule has 1 aliphatic rings. The van der Waals surface area contributed by atoms with Crippen LogP contribution in [-0.4, -0.2) is 12.0 Å². The second-order valence-electron chi connectivity index (χ2n) is 7.31. The van der Waals surface area contributed by atoms with Crippen molar-refractivity contribution >= 4 is 16.7 Å². The maximum Gasteiger partial charge on any atom is 0.344 e. The highest BCUT2D eigenvalue weighted by Gasteiger charge is 2.35. The normalized spacial score (nSPS) is 15.5. The Labute approximate surface area is 178 Å². The maximum atomic E-state index is 13.0. The molecule has 0 radical (unpaired) electrons. The number of likely N-dealkylation sites (N-methyl/N-ethyl adjacent to an activating group) is 1. The summed E-state index contributed by atoms with van der Waals surface area (Å²) in [6.45, 7) is 0. The van der Waals surface area contributed by atoms with E-state index in [1.165, 1.54) is 0 Å². The third-order valence-corrected chi connectivity index (χ3v) is 5.48. The number of ether oxygens (including phenoxy) is 1. The van der Waals surface area contributed by atoms with Crippen LogP contribution in [0.3, 0.4) is 0 Å². The number of benzene rings is 2. The van der Waals surface area contributed by atoms with Gasteiger partial charge in [-0.25, -0.2) is 4.79 Å². The summed E-state index contributed by atoms with van der Waals surface area (Å²) in [4.78, 5) is 17.2. The Bertz CT molecular complexity index is 1380. The first-order chi connectivity index (χ1) is 15.1. The van der Waals surface area contributed by atoms with E-state index in [4.69, 9.17) is 20.6 Å². The molecule has 1 atom stereocenters. The van der Waals surface area contributed by atoms with E-state index in [2.05, 4.69) is 10.3 Å². The Hall–Kier alpha value is -4.26. The predicted octanol–water partition coefficient (Wildman–Crippen LogP) is 3.31. The van der Waals surface area contributed by atoms with Crippen LogP contribution in [0.25, 0.3) is 22.1 Å². The van der Waals surface area contributed by atoms with Crippen molar-refractivity contribution < 1.29 is 9.15 Å². The van der Waals surface area contributed by atoms with Crippen molar-refractivity contribution in [2.45, 2.75) is 5.92 Å². The van der Waals surface area contributed by atoms with Crippen molar-refractivity contribution in [2.24, 2.45) is 5.73 Å². The van der Waals surface area contributed by atoms with Gasteiger partial charge in [-0.15, -0.1) is 0 Å². The average molecular weight is 412 g/mol. The minimum Gasteiger partial charge on any atom is -0.438 e. The number of nitrogens with two attached hydrogens (primary N) is 2. The summed E-state index contributed by atoms with van der Waals surface area (Å²) < 4.78 is 11.5. The van der Waals surface area contributed by atoms with Gasteiger partial charge >= 0.3 is 5.63 Å². The van der Waals surface area contributed by atoms with Gasteiger partial charge in [0.1, 0.15) is 5.58 Å². The molecular weight excluding hydrogens is 392 g/mol. The number of rotatable bonds is 3. The van der Waals surface area contributed by atoms with Gasteiger partial charge in [0.25, 0.3) is 0 Å². The molecule has 0 saturated heterocycles. The van der Waals surface area contributed by atoms with E-state index in [-0.39, 0.29) is 5.88 Å². The van der Waals surface area contributed by atoms with E-state index in [0.717, 1.165) is 16.7 Å². The van der Waals surface area contributed by atoms with Crippen LogP contribution in [0.2, 0.25) is 0 Å². The van der Waals surface area contributed by atoms with Crippen molar-refractivity contribution in [3.05, 3.63) is 100 Å². The van der Waals surface area contributed by atoms with E-state index in [1.807, 2.05) is 36.4 Å². The lowest BCUT2D eigenvalue weighted by molar-refractivity contribution is 0.377. The van der Waals surface area contributed by atoms with E-state index < -0.39 is 11.5 Å². The van der Waals surface area contributed by atoms with E-state index in [1.54, 1.807) is 37.6 Å².